The molecule has 0 saturated heterocycles. The molecule has 1 aromatic heterocycles. The predicted octanol–water partition coefficient (Wildman–Crippen LogP) is 3.95. The quantitative estimate of drug-likeness (QED) is 0.897. The Bertz CT molecular complexity index is 666. The number of aryl methyl sites for hydroxylation is 2. The second-order valence-electron chi connectivity index (χ2n) is 5.25. The number of thiazole rings is 1. The Morgan fingerprint density at radius 1 is 1.48 bits per heavy atom. The first-order valence-corrected chi connectivity index (χ1v) is 8.08. The molecule has 0 saturated carbocycles. The summed E-state index contributed by atoms with van der Waals surface area (Å²) in [4.78, 5) is 17.0. The fourth-order valence-corrected chi connectivity index (χ4v) is 3.86. The van der Waals surface area contributed by atoms with E-state index in [1.165, 1.54) is 5.56 Å². The Hall–Kier alpha value is -1.88. The first kappa shape index (κ1) is 14.1. The van der Waals surface area contributed by atoms with Gasteiger partial charge in [0.2, 0.25) is 0 Å². The molecule has 2 aromatic rings. The van der Waals surface area contributed by atoms with Gasteiger partial charge in [-0.3, -0.25) is 4.79 Å². The molecular formula is C16H18N2O2S. The molecule has 21 heavy (non-hydrogen) atoms. The van der Waals surface area contributed by atoms with Crippen molar-refractivity contribution >= 4 is 28.1 Å². The molecule has 0 fully saturated rings. The Morgan fingerprint density at radius 2 is 2.29 bits per heavy atom. The van der Waals surface area contributed by atoms with Crippen molar-refractivity contribution in [2.24, 2.45) is 0 Å². The second-order valence-corrected chi connectivity index (χ2v) is 6.33. The van der Waals surface area contributed by atoms with Gasteiger partial charge in [0.25, 0.3) is 0 Å². The van der Waals surface area contributed by atoms with Crippen LogP contribution in [0.25, 0.3) is 0 Å². The normalized spacial score (nSPS) is 17.3. The Labute approximate surface area is 127 Å². The highest BCUT2D eigenvalue weighted by molar-refractivity contribution is 7.15. The van der Waals surface area contributed by atoms with Gasteiger partial charge >= 0.3 is 5.97 Å². The van der Waals surface area contributed by atoms with Crippen molar-refractivity contribution in [1.82, 2.24) is 4.98 Å². The molecule has 0 aliphatic heterocycles. The number of carboxylic acid groups (broad SMARTS) is 1. The highest BCUT2D eigenvalue weighted by atomic mass is 32.1. The van der Waals surface area contributed by atoms with Gasteiger partial charge in [-0.15, -0.1) is 11.3 Å². The molecule has 2 N–H and O–H groups in total. The van der Waals surface area contributed by atoms with Gasteiger partial charge in [0, 0.05) is 10.6 Å². The third-order valence-corrected chi connectivity index (χ3v) is 4.94. The van der Waals surface area contributed by atoms with Crippen molar-refractivity contribution in [2.75, 3.05) is 5.32 Å². The van der Waals surface area contributed by atoms with Gasteiger partial charge in [-0.1, -0.05) is 25.1 Å². The lowest BCUT2D eigenvalue weighted by molar-refractivity contribution is -0.139. The van der Waals surface area contributed by atoms with Crippen molar-refractivity contribution in [3.05, 3.63) is 40.4 Å². The van der Waals surface area contributed by atoms with Gasteiger partial charge in [0.05, 0.1) is 5.69 Å². The molecule has 1 aliphatic carbocycles. The van der Waals surface area contributed by atoms with Gasteiger partial charge < -0.3 is 10.4 Å². The lowest BCUT2D eigenvalue weighted by Gasteiger charge is -2.16. The predicted molar refractivity (Wildman–Crippen MR) is 84.5 cm³/mol. The summed E-state index contributed by atoms with van der Waals surface area (Å²) < 4.78 is 0. The molecule has 110 valence electrons. The molecule has 3 rings (SSSR count). The van der Waals surface area contributed by atoms with Crippen LogP contribution in [0.2, 0.25) is 0 Å². The van der Waals surface area contributed by atoms with E-state index >= 15 is 0 Å². The van der Waals surface area contributed by atoms with Crippen molar-refractivity contribution in [3.63, 3.8) is 0 Å². The Balaban J connectivity index is 1.89. The zero-order valence-corrected chi connectivity index (χ0v) is 12.7. The number of aromatic nitrogens is 1. The molecule has 4 nitrogen and oxygen atoms in total. The van der Waals surface area contributed by atoms with Gasteiger partial charge in [0.15, 0.2) is 5.13 Å². The number of anilines is 2. The first-order valence-electron chi connectivity index (χ1n) is 7.26. The standard InChI is InChI=1S/C16H18N2O2S/c1-2-10-6-3-4-8-12(10)17-16-18-14-11(15(19)20)7-5-9-13(14)21-16/h3-4,6,8,11H,2,5,7,9H2,1H3,(H,17,18)(H,19,20). The zero-order valence-electron chi connectivity index (χ0n) is 11.9. The number of aliphatic carboxylic acids is 1. The lowest BCUT2D eigenvalue weighted by Crippen LogP contribution is -2.17. The van der Waals surface area contributed by atoms with Gasteiger partial charge in [-0.2, -0.15) is 0 Å². The maximum absolute atomic E-state index is 11.3. The molecule has 1 unspecified atom stereocenters. The summed E-state index contributed by atoms with van der Waals surface area (Å²) in [5.74, 6) is -1.20. The minimum atomic E-state index is -0.762. The number of nitrogens with zero attached hydrogens (tertiary/aromatic N) is 1. The highest BCUT2D eigenvalue weighted by Gasteiger charge is 2.30. The third-order valence-electron chi connectivity index (χ3n) is 3.89. The number of para-hydroxylation sites is 1. The lowest BCUT2D eigenvalue weighted by atomic mass is 9.91. The number of hydrogen-bond acceptors (Lipinski definition) is 4. The summed E-state index contributed by atoms with van der Waals surface area (Å²) in [5, 5.41) is 13.5. The van der Waals surface area contributed by atoms with E-state index in [9.17, 15) is 9.90 Å². The fourth-order valence-electron chi connectivity index (χ4n) is 2.78. The van der Waals surface area contributed by atoms with Crippen LogP contribution >= 0.6 is 11.3 Å². The molecule has 0 amide bonds. The van der Waals surface area contributed by atoms with Crippen molar-refractivity contribution in [2.45, 2.75) is 38.5 Å². The average molecular weight is 302 g/mol. The fraction of sp³-hybridized carbons (Fsp3) is 0.375. The Morgan fingerprint density at radius 3 is 3.05 bits per heavy atom. The zero-order chi connectivity index (χ0) is 14.8. The van der Waals surface area contributed by atoms with E-state index < -0.39 is 11.9 Å². The van der Waals surface area contributed by atoms with Gasteiger partial charge in [-0.25, -0.2) is 4.98 Å². The smallest absolute Gasteiger partial charge is 0.312 e. The van der Waals surface area contributed by atoms with Crippen LogP contribution in [0.5, 0.6) is 0 Å². The van der Waals surface area contributed by atoms with Crippen LogP contribution in [0.4, 0.5) is 10.8 Å². The summed E-state index contributed by atoms with van der Waals surface area (Å²) in [6.07, 6.45) is 3.51. The van der Waals surface area contributed by atoms with Crippen LogP contribution in [0.3, 0.4) is 0 Å². The molecule has 1 aromatic carbocycles. The number of hydrogen-bond donors (Lipinski definition) is 2. The summed E-state index contributed by atoms with van der Waals surface area (Å²) >= 11 is 1.58. The molecule has 0 spiro atoms. The van der Waals surface area contributed by atoms with E-state index in [4.69, 9.17) is 0 Å². The molecule has 0 radical (unpaired) electrons. The molecule has 1 heterocycles. The van der Waals surface area contributed by atoms with E-state index in [-0.39, 0.29) is 0 Å². The van der Waals surface area contributed by atoms with Crippen LogP contribution in [0.1, 0.15) is 41.8 Å². The van der Waals surface area contributed by atoms with E-state index in [2.05, 4.69) is 23.3 Å². The van der Waals surface area contributed by atoms with E-state index in [0.717, 1.165) is 40.7 Å². The second kappa shape index (κ2) is 5.85. The number of nitrogens with one attached hydrogen (secondary N) is 1. The van der Waals surface area contributed by atoms with Crippen LogP contribution in [-0.2, 0) is 17.6 Å². The maximum Gasteiger partial charge on any atom is 0.312 e. The SMILES string of the molecule is CCc1ccccc1Nc1nc2c(s1)CCCC2C(=O)O. The number of carbonyl (C=O) groups is 1. The third kappa shape index (κ3) is 2.78. The highest BCUT2D eigenvalue weighted by Crippen LogP contribution is 2.37. The molecule has 5 heteroatoms. The minimum absolute atomic E-state index is 0.443. The summed E-state index contributed by atoms with van der Waals surface area (Å²) in [5.41, 5.74) is 3.05. The largest absolute Gasteiger partial charge is 0.481 e. The first-order chi connectivity index (χ1) is 10.2. The van der Waals surface area contributed by atoms with Crippen LogP contribution < -0.4 is 5.32 Å². The number of rotatable bonds is 4. The Kier molecular flexibility index (Phi) is 3.92. The van der Waals surface area contributed by atoms with Crippen LogP contribution in [-0.4, -0.2) is 16.1 Å². The number of fused-ring (bicyclic) bond motifs is 1. The molecule has 1 atom stereocenters. The van der Waals surface area contributed by atoms with Gasteiger partial charge in [-0.05, 0) is 37.3 Å². The molecule has 1 aliphatic rings. The number of carboxylic acids is 1. The average Bonchev–Trinajstić information content (AvgIpc) is 2.89. The van der Waals surface area contributed by atoms with Crippen molar-refractivity contribution in [1.29, 1.82) is 0 Å². The maximum atomic E-state index is 11.3. The monoisotopic (exact) mass is 302 g/mol. The summed E-state index contributed by atoms with van der Waals surface area (Å²) in [6.45, 7) is 2.12. The number of benzene rings is 1. The van der Waals surface area contributed by atoms with Crippen molar-refractivity contribution < 1.29 is 9.90 Å². The van der Waals surface area contributed by atoms with Crippen LogP contribution in [0.15, 0.2) is 24.3 Å². The molecular weight excluding hydrogens is 284 g/mol. The van der Waals surface area contributed by atoms with E-state index in [1.54, 1.807) is 11.3 Å². The van der Waals surface area contributed by atoms with E-state index in [0.29, 0.717) is 6.42 Å². The van der Waals surface area contributed by atoms with Gasteiger partial charge in [0.1, 0.15) is 5.92 Å². The van der Waals surface area contributed by atoms with Crippen LogP contribution in [0, 0.1) is 0 Å². The summed E-state index contributed by atoms with van der Waals surface area (Å²) in [7, 11) is 0. The van der Waals surface area contributed by atoms with E-state index in [1.807, 2.05) is 18.2 Å². The summed E-state index contributed by atoms with van der Waals surface area (Å²) in [6, 6.07) is 8.15. The molecule has 0 bridgehead atoms. The topological polar surface area (TPSA) is 62.2 Å². The van der Waals surface area contributed by atoms with Crippen molar-refractivity contribution in [3.8, 4) is 0 Å². The minimum Gasteiger partial charge on any atom is -0.481 e.